The Morgan fingerprint density at radius 2 is 2.19 bits per heavy atom. The second-order valence-electron chi connectivity index (χ2n) is 3.69. The van der Waals surface area contributed by atoms with Gasteiger partial charge in [-0.2, -0.15) is 0 Å². The van der Waals surface area contributed by atoms with Crippen molar-refractivity contribution in [2.75, 3.05) is 7.11 Å². The number of carbonyl (C=O) groups is 1. The minimum absolute atomic E-state index is 0.0400. The summed E-state index contributed by atoms with van der Waals surface area (Å²) < 4.78 is 10.2. The van der Waals surface area contributed by atoms with Crippen LogP contribution in [-0.4, -0.2) is 28.0 Å². The second-order valence-corrected chi connectivity index (χ2v) is 4.44. The average Bonchev–Trinajstić information content (AvgIpc) is 2.49. The third-order valence-electron chi connectivity index (χ3n) is 2.38. The van der Waals surface area contributed by atoms with Gasteiger partial charge in [-0.1, -0.05) is 0 Å². The van der Waals surface area contributed by atoms with Crippen LogP contribution in [0.2, 0.25) is 0 Å². The van der Waals surface area contributed by atoms with E-state index in [1.807, 2.05) is 0 Å². The predicted octanol–water partition coefficient (Wildman–Crippen LogP) is 2.73. The molecule has 0 aliphatic heterocycles. The van der Waals surface area contributed by atoms with Crippen molar-refractivity contribution in [3.05, 3.63) is 50.9 Å². The SMILES string of the molecule is COC(=O)c1cnc(Oc2cccnc2Br)c([N+](=O)[O-])c1. The lowest BCUT2D eigenvalue weighted by atomic mass is 10.2. The van der Waals surface area contributed by atoms with Crippen LogP contribution in [0.25, 0.3) is 0 Å². The van der Waals surface area contributed by atoms with E-state index in [0.717, 1.165) is 12.3 Å². The Kier molecular flexibility index (Phi) is 4.43. The monoisotopic (exact) mass is 353 g/mol. The Hall–Kier alpha value is -2.55. The van der Waals surface area contributed by atoms with E-state index in [-0.39, 0.29) is 17.2 Å². The molecule has 2 aromatic heterocycles. The zero-order chi connectivity index (χ0) is 15.4. The predicted molar refractivity (Wildman–Crippen MR) is 74.2 cm³/mol. The molecule has 0 radical (unpaired) electrons. The second kappa shape index (κ2) is 6.27. The first-order chi connectivity index (χ1) is 10.0. The molecule has 108 valence electrons. The molecule has 0 saturated carbocycles. The lowest BCUT2D eigenvalue weighted by molar-refractivity contribution is -0.386. The van der Waals surface area contributed by atoms with Crippen LogP contribution in [0.15, 0.2) is 35.2 Å². The van der Waals surface area contributed by atoms with Crippen LogP contribution in [-0.2, 0) is 4.74 Å². The van der Waals surface area contributed by atoms with Crippen LogP contribution < -0.4 is 4.74 Å². The van der Waals surface area contributed by atoms with Crippen molar-refractivity contribution in [2.45, 2.75) is 0 Å². The molecule has 2 rings (SSSR count). The molecule has 8 nitrogen and oxygen atoms in total. The van der Waals surface area contributed by atoms with Gasteiger partial charge in [0.05, 0.1) is 17.6 Å². The third kappa shape index (κ3) is 3.31. The van der Waals surface area contributed by atoms with Gasteiger partial charge >= 0.3 is 11.7 Å². The molecule has 0 spiro atoms. The van der Waals surface area contributed by atoms with E-state index < -0.39 is 16.6 Å². The van der Waals surface area contributed by atoms with Gasteiger partial charge in [-0.15, -0.1) is 0 Å². The molecular weight excluding hydrogens is 346 g/mol. The quantitative estimate of drug-likeness (QED) is 0.360. The molecule has 9 heteroatoms. The first-order valence-electron chi connectivity index (χ1n) is 5.54. The van der Waals surface area contributed by atoms with E-state index in [0.29, 0.717) is 4.60 Å². The maximum atomic E-state index is 11.4. The van der Waals surface area contributed by atoms with Crippen molar-refractivity contribution >= 4 is 27.6 Å². The fraction of sp³-hybridized carbons (Fsp3) is 0.0833. The molecule has 0 bridgehead atoms. The van der Waals surface area contributed by atoms with Crippen molar-refractivity contribution in [1.29, 1.82) is 0 Å². The minimum Gasteiger partial charge on any atom is -0.465 e. The van der Waals surface area contributed by atoms with Crippen molar-refractivity contribution in [3.63, 3.8) is 0 Å². The molecule has 2 aromatic rings. The van der Waals surface area contributed by atoms with Crippen LogP contribution >= 0.6 is 15.9 Å². The van der Waals surface area contributed by atoms with Crippen molar-refractivity contribution in [3.8, 4) is 11.6 Å². The number of aromatic nitrogens is 2. The van der Waals surface area contributed by atoms with E-state index >= 15 is 0 Å². The highest BCUT2D eigenvalue weighted by molar-refractivity contribution is 9.10. The number of nitro groups is 1. The van der Waals surface area contributed by atoms with Gasteiger partial charge in [-0.05, 0) is 28.1 Å². The van der Waals surface area contributed by atoms with Gasteiger partial charge in [0.1, 0.15) is 4.60 Å². The number of carbonyl (C=O) groups excluding carboxylic acids is 1. The van der Waals surface area contributed by atoms with Gasteiger partial charge < -0.3 is 9.47 Å². The molecule has 2 heterocycles. The summed E-state index contributed by atoms with van der Waals surface area (Å²) in [6, 6.07) is 4.21. The Bertz CT molecular complexity index is 707. The number of pyridine rings is 2. The van der Waals surface area contributed by atoms with Crippen LogP contribution in [0.1, 0.15) is 10.4 Å². The van der Waals surface area contributed by atoms with E-state index in [2.05, 4.69) is 30.6 Å². The summed E-state index contributed by atoms with van der Waals surface area (Å²) in [5.41, 5.74) is -0.490. The highest BCUT2D eigenvalue weighted by Gasteiger charge is 2.22. The zero-order valence-electron chi connectivity index (χ0n) is 10.6. The van der Waals surface area contributed by atoms with Gasteiger partial charge in [0.25, 0.3) is 5.88 Å². The summed E-state index contributed by atoms with van der Waals surface area (Å²) in [6.07, 6.45) is 2.66. The lowest BCUT2D eigenvalue weighted by Crippen LogP contribution is -2.04. The zero-order valence-corrected chi connectivity index (χ0v) is 12.2. The average molecular weight is 354 g/mol. The van der Waals surface area contributed by atoms with Crippen LogP contribution in [0.3, 0.4) is 0 Å². The number of nitrogens with zero attached hydrogens (tertiary/aromatic N) is 3. The number of hydrogen-bond acceptors (Lipinski definition) is 7. The van der Waals surface area contributed by atoms with Crippen LogP contribution in [0, 0.1) is 10.1 Å². The van der Waals surface area contributed by atoms with Crippen LogP contribution in [0.4, 0.5) is 5.69 Å². The Morgan fingerprint density at radius 1 is 1.43 bits per heavy atom. The molecule has 0 aliphatic carbocycles. The highest BCUT2D eigenvalue weighted by Crippen LogP contribution is 2.32. The molecular formula is C12H8BrN3O5. The minimum atomic E-state index is -0.722. The summed E-state index contributed by atoms with van der Waals surface area (Å²) >= 11 is 3.16. The first-order valence-corrected chi connectivity index (χ1v) is 6.33. The standard InChI is InChI=1S/C12H8BrN3O5/c1-20-12(17)7-5-8(16(18)19)11(15-6-7)21-9-3-2-4-14-10(9)13/h2-6H,1H3. The van der Waals surface area contributed by atoms with Crippen LogP contribution in [0.5, 0.6) is 11.6 Å². The number of rotatable bonds is 4. The molecule has 0 aliphatic rings. The largest absolute Gasteiger partial charge is 0.465 e. The number of halogens is 1. The molecule has 0 amide bonds. The Labute approximate surface area is 127 Å². The summed E-state index contributed by atoms with van der Waals surface area (Å²) in [4.78, 5) is 29.5. The molecule has 21 heavy (non-hydrogen) atoms. The van der Waals surface area contributed by atoms with Gasteiger partial charge in [0.15, 0.2) is 5.75 Å². The number of ether oxygens (including phenoxy) is 2. The van der Waals surface area contributed by atoms with Gasteiger partial charge in [0, 0.05) is 18.5 Å². The number of esters is 1. The molecule has 0 saturated heterocycles. The van der Waals surface area contributed by atoms with E-state index in [4.69, 9.17) is 4.74 Å². The number of methoxy groups -OCH3 is 1. The van der Waals surface area contributed by atoms with Crippen molar-refractivity contribution < 1.29 is 19.2 Å². The molecule has 0 atom stereocenters. The summed E-state index contributed by atoms with van der Waals surface area (Å²) in [5, 5.41) is 11.1. The summed E-state index contributed by atoms with van der Waals surface area (Å²) in [6.45, 7) is 0. The maximum Gasteiger partial charge on any atom is 0.339 e. The molecule has 0 unspecified atom stereocenters. The first kappa shape index (κ1) is 14.9. The fourth-order valence-electron chi connectivity index (χ4n) is 1.43. The van der Waals surface area contributed by atoms with Gasteiger partial charge in [-0.3, -0.25) is 10.1 Å². The number of hydrogen-bond donors (Lipinski definition) is 0. The van der Waals surface area contributed by atoms with Gasteiger partial charge in [-0.25, -0.2) is 14.8 Å². The highest BCUT2D eigenvalue weighted by atomic mass is 79.9. The normalized spacial score (nSPS) is 10.0. The Balaban J connectivity index is 2.42. The fourth-order valence-corrected chi connectivity index (χ4v) is 1.76. The van der Waals surface area contributed by atoms with E-state index in [9.17, 15) is 14.9 Å². The summed E-state index contributed by atoms with van der Waals surface area (Å²) in [7, 11) is 1.17. The molecule has 0 fully saturated rings. The summed E-state index contributed by atoms with van der Waals surface area (Å²) in [5.74, 6) is -0.708. The topological polar surface area (TPSA) is 104 Å². The van der Waals surface area contributed by atoms with Gasteiger partial charge in [0.2, 0.25) is 0 Å². The maximum absolute atomic E-state index is 11.4. The lowest BCUT2D eigenvalue weighted by Gasteiger charge is -2.07. The molecule has 0 N–H and O–H groups in total. The van der Waals surface area contributed by atoms with Crippen molar-refractivity contribution in [2.24, 2.45) is 0 Å². The third-order valence-corrected chi connectivity index (χ3v) is 2.98. The van der Waals surface area contributed by atoms with E-state index in [1.165, 1.54) is 13.3 Å². The van der Waals surface area contributed by atoms with E-state index in [1.54, 1.807) is 12.1 Å². The molecule has 0 aromatic carbocycles. The smallest absolute Gasteiger partial charge is 0.339 e. The Morgan fingerprint density at radius 3 is 2.81 bits per heavy atom. The van der Waals surface area contributed by atoms with Crippen molar-refractivity contribution in [1.82, 2.24) is 9.97 Å².